The Morgan fingerprint density at radius 2 is 2.30 bits per heavy atom. The maximum absolute atomic E-state index is 10.6. The van der Waals surface area contributed by atoms with E-state index in [0.29, 0.717) is 5.16 Å². The molecule has 1 N–H and O–H groups in total. The third-order valence-corrected chi connectivity index (χ3v) is 3.69. The summed E-state index contributed by atoms with van der Waals surface area (Å²) in [5, 5.41) is 17.7. The summed E-state index contributed by atoms with van der Waals surface area (Å²) in [5.41, 5.74) is 0. The minimum absolute atomic E-state index is 0.0000313. The quantitative estimate of drug-likeness (QED) is 0.752. The molecule has 0 atom stereocenters. The summed E-state index contributed by atoms with van der Waals surface area (Å²) in [6.07, 6.45) is 4.10. The van der Waals surface area contributed by atoms with Crippen molar-refractivity contribution in [3.63, 3.8) is 0 Å². The lowest BCUT2D eigenvalue weighted by molar-refractivity contribution is -0.133. The zero-order chi connectivity index (χ0) is 14.4. The van der Waals surface area contributed by atoms with Crippen LogP contribution in [0.15, 0.2) is 28.0 Å². The minimum Gasteiger partial charge on any atom is -0.481 e. The number of carboxylic acid groups (broad SMARTS) is 1. The maximum Gasteiger partial charge on any atom is 0.313 e. The molecule has 0 aromatic carbocycles. The van der Waals surface area contributed by atoms with Crippen molar-refractivity contribution < 1.29 is 14.3 Å². The number of nitrogens with zero attached hydrogens (tertiary/aromatic N) is 3. The van der Waals surface area contributed by atoms with Gasteiger partial charge in [0.15, 0.2) is 5.16 Å². The predicted octanol–water partition coefficient (Wildman–Crippen LogP) is 2.24. The molecule has 0 saturated carbocycles. The van der Waals surface area contributed by atoms with Crippen LogP contribution in [-0.2, 0) is 24.2 Å². The van der Waals surface area contributed by atoms with Crippen molar-refractivity contribution in [3.05, 3.63) is 30.0 Å². The molecule has 0 bridgehead atoms. The summed E-state index contributed by atoms with van der Waals surface area (Å²) in [6.45, 7) is 2.87. The van der Waals surface area contributed by atoms with E-state index in [1.165, 1.54) is 11.8 Å². The predicted molar refractivity (Wildman–Crippen MR) is 74.8 cm³/mol. The molecule has 0 amide bonds. The molecular formula is C13H17N3O3S. The first-order chi connectivity index (χ1) is 9.70. The van der Waals surface area contributed by atoms with Gasteiger partial charge in [-0.05, 0) is 18.6 Å². The van der Waals surface area contributed by atoms with E-state index >= 15 is 0 Å². The first-order valence-corrected chi connectivity index (χ1v) is 7.48. The van der Waals surface area contributed by atoms with Crippen LogP contribution in [0.4, 0.5) is 0 Å². The molecule has 2 aromatic heterocycles. The van der Waals surface area contributed by atoms with Gasteiger partial charge in [0.1, 0.15) is 11.6 Å². The van der Waals surface area contributed by atoms with Crippen LogP contribution in [0.1, 0.15) is 24.9 Å². The highest BCUT2D eigenvalue weighted by Gasteiger charge is 2.13. The molecule has 2 aromatic rings. The van der Waals surface area contributed by atoms with Crippen molar-refractivity contribution in [3.8, 4) is 0 Å². The second-order valence-electron chi connectivity index (χ2n) is 4.31. The largest absolute Gasteiger partial charge is 0.481 e. The third kappa shape index (κ3) is 3.86. The smallest absolute Gasteiger partial charge is 0.313 e. The molecule has 7 heteroatoms. The summed E-state index contributed by atoms with van der Waals surface area (Å²) in [4.78, 5) is 10.6. The molecule has 2 heterocycles. The number of carbonyl (C=O) groups is 1. The van der Waals surface area contributed by atoms with Gasteiger partial charge >= 0.3 is 5.97 Å². The molecule has 0 aliphatic carbocycles. The first kappa shape index (κ1) is 14.6. The Morgan fingerprint density at radius 3 is 2.95 bits per heavy atom. The number of aromatic nitrogens is 3. The van der Waals surface area contributed by atoms with E-state index in [1.54, 1.807) is 6.26 Å². The average Bonchev–Trinajstić information content (AvgIpc) is 3.04. The van der Waals surface area contributed by atoms with E-state index in [4.69, 9.17) is 9.52 Å². The monoisotopic (exact) mass is 295 g/mol. The fraction of sp³-hybridized carbons (Fsp3) is 0.462. The molecule has 0 fully saturated rings. The van der Waals surface area contributed by atoms with Gasteiger partial charge in [0.05, 0.1) is 12.0 Å². The van der Waals surface area contributed by atoms with Crippen LogP contribution >= 0.6 is 11.8 Å². The van der Waals surface area contributed by atoms with Crippen molar-refractivity contribution >= 4 is 17.7 Å². The fourth-order valence-corrected chi connectivity index (χ4v) is 2.58. The van der Waals surface area contributed by atoms with Crippen LogP contribution in [0.2, 0.25) is 0 Å². The molecule has 108 valence electrons. The first-order valence-electron chi connectivity index (χ1n) is 6.49. The number of hydrogen-bond acceptors (Lipinski definition) is 5. The van der Waals surface area contributed by atoms with Crippen molar-refractivity contribution in [1.29, 1.82) is 0 Å². The van der Waals surface area contributed by atoms with E-state index in [9.17, 15) is 4.79 Å². The van der Waals surface area contributed by atoms with Crippen LogP contribution in [0.5, 0.6) is 0 Å². The number of aryl methyl sites for hydroxylation is 2. The molecule has 0 aliphatic heterocycles. The van der Waals surface area contributed by atoms with Crippen molar-refractivity contribution in [2.45, 2.75) is 37.9 Å². The normalized spacial score (nSPS) is 10.8. The lowest BCUT2D eigenvalue weighted by Crippen LogP contribution is -2.07. The molecule has 20 heavy (non-hydrogen) atoms. The summed E-state index contributed by atoms with van der Waals surface area (Å²) >= 11 is 1.21. The van der Waals surface area contributed by atoms with Crippen molar-refractivity contribution in [2.24, 2.45) is 0 Å². The van der Waals surface area contributed by atoms with Crippen LogP contribution in [0, 0.1) is 0 Å². The highest BCUT2D eigenvalue weighted by molar-refractivity contribution is 7.99. The van der Waals surface area contributed by atoms with Crippen LogP contribution < -0.4 is 0 Å². The number of rotatable bonds is 8. The van der Waals surface area contributed by atoms with Crippen molar-refractivity contribution in [2.75, 3.05) is 5.75 Å². The zero-order valence-electron chi connectivity index (χ0n) is 11.3. The lowest BCUT2D eigenvalue weighted by atomic mass is 10.2. The topological polar surface area (TPSA) is 81.2 Å². The Hall–Kier alpha value is -1.76. The summed E-state index contributed by atoms with van der Waals surface area (Å²) in [7, 11) is 0. The van der Waals surface area contributed by atoms with E-state index in [0.717, 1.165) is 37.4 Å². The SMILES string of the molecule is CCCn1c(CCc2ccco2)nnc1SCC(=O)O. The number of aliphatic carboxylic acids is 1. The minimum atomic E-state index is -0.849. The number of carboxylic acids is 1. The van der Waals surface area contributed by atoms with Gasteiger partial charge in [0.25, 0.3) is 0 Å². The molecular weight excluding hydrogens is 278 g/mol. The Bertz CT molecular complexity index is 551. The van der Waals surface area contributed by atoms with Crippen molar-refractivity contribution in [1.82, 2.24) is 14.8 Å². The van der Waals surface area contributed by atoms with Crippen LogP contribution in [0.3, 0.4) is 0 Å². The summed E-state index contributed by atoms with van der Waals surface area (Å²) in [5.74, 6) is 0.935. The number of hydrogen-bond donors (Lipinski definition) is 1. The standard InChI is InChI=1S/C13H17N3O3S/c1-2-7-16-11(6-5-10-4-3-8-19-10)14-15-13(16)20-9-12(17)18/h3-4,8H,2,5-7,9H2,1H3,(H,17,18). The van der Waals surface area contributed by atoms with E-state index in [1.807, 2.05) is 16.7 Å². The summed E-state index contributed by atoms with van der Waals surface area (Å²) in [6, 6.07) is 3.79. The second kappa shape index (κ2) is 7.14. The summed E-state index contributed by atoms with van der Waals surface area (Å²) < 4.78 is 7.30. The van der Waals surface area contributed by atoms with Crippen LogP contribution in [0.25, 0.3) is 0 Å². The number of thioether (sulfide) groups is 1. The Labute approximate surface area is 121 Å². The molecule has 0 spiro atoms. The molecule has 0 radical (unpaired) electrons. The third-order valence-electron chi connectivity index (χ3n) is 2.74. The van der Waals surface area contributed by atoms with E-state index in [-0.39, 0.29) is 5.75 Å². The second-order valence-corrected chi connectivity index (χ2v) is 5.25. The van der Waals surface area contributed by atoms with Gasteiger partial charge < -0.3 is 14.1 Å². The maximum atomic E-state index is 10.6. The molecule has 6 nitrogen and oxygen atoms in total. The zero-order valence-corrected chi connectivity index (χ0v) is 12.1. The van der Waals surface area contributed by atoms with Gasteiger partial charge in [-0.2, -0.15) is 0 Å². The van der Waals surface area contributed by atoms with Gasteiger partial charge in [-0.1, -0.05) is 18.7 Å². The van der Waals surface area contributed by atoms with Crippen LogP contribution in [-0.4, -0.2) is 31.6 Å². The van der Waals surface area contributed by atoms with E-state index in [2.05, 4.69) is 17.1 Å². The molecule has 0 aliphatic rings. The Balaban J connectivity index is 2.05. The van der Waals surface area contributed by atoms with Gasteiger partial charge in [-0.25, -0.2) is 0 Å². The average molecular weight is 295 g/mol. The Kier molecular flexibility index (Phi) is 5.23. The molecule has 0 saturated heterocycles. The van der Waals surface area contributed by atoms with Gasteiger partial charge in [0.2, 0.25) is 0 Å². The molecule has 0 unspecified atom stereocenters. The number of furan rings is 1. The van der Waals surface area contributed by atoms with Gasteiger partial charge in [0, 0.05) is 19.4 Å². The fourth-order valence-electron chi connectivity index (χ4n) is 1.88. The lowest BCUT2D eigenvalue weighted by Gasteiger charge is -2.07. The van der Waals surface area contributed by atoms with E-state index < -0.39 is 5.97 Å². The van der Waals surface area contributed by atoms with Gasteiger partial charge in [-0.15, -0.1) is 10.2 Å². The highest BCUT2D eigenvalue weighted by atomic mass is 32.2. The highest BCUT2D eigenvalue weighted by Crippen LogP contribution is 2.18. The molecule has 2 rings (SSSR count). The van der Waals surface area contributed by atoms with Gasteiger partial charge in [-0.3, -0.25) is 4.79 Å². The Morgan fingerprint density at radius 1 is 1.45 bits per heavy atom.